The van der Waals surface area contributed by atoms with Gasteiger partial charge in [-0.05, 0) is 12.5 Å². The molecule has 1 aromatic carbocycles. The zero-order chi connectivity index (χ0) is 13.5. The van der Waals surface area contributed by atoms with E-state index in [0.29, 0.717) is 31.2 Å². The minimum absolute atomic E-state index is 0.134. The van der Waals surface area contributed by atoms with Crippen LogP contribution in [-0.2, 0) is 6.42 Å². The summed E-state index contributed by atoms with van der Waals surface area (Å²) in [6.07, 6.45) is 0.674. The van der Waals surface area contributed by atoms with Crippen LogP contribution in [0.1, 0.15) is 23.2 Å². The molecule has 0 fully saturated rings. The Labute approximate surface area is 112 Å². The molecule has 98 valence electrons. The third-order valence-corrected chi connectivity index (χ3v) is 2.79. The lowest BCUT2D eigenvalue weighted by molar-refractivity contribution is 0.372. The van der Waals surface area contributed by atoms with Crippen LogP contribution in [0.2, 0.25) is 0 Å². The van der Waals surface area contributed by atoms with Crippen LogP contribution >= 0.6 is 0 Å². The van der Waals surface area contributed by atoms with Gasteiger partial charge in [-0.15, -0.1) is 0 Å². The van der Waals surface area contributed by atoms with Gasteiger partial charge in [-0.3, -0.25) is 0 Å². The number of aryl methyl sites for hydroxylation is 1. The SMILES string of the molecule is Cc1noc(CCNCC(C#N)c2ccccc2)n1. The van der Waals surface area contributed by atoms with Gasteiger partial charge in [0.25, 0.3) is 0 Å². The number of nitrogens with zero attached hydrogens (tertiary/aromatic N) is 3. The zero-order valence-electron chi connectivity index (χ0n) is 10.8. The minimum atomic E-state index is -0.134. The number of aromatic nitrogens is 2. The lowest BCUT2D eigenvalue weighted by atomic mass is 10.0. The molecule has 0 aliphatic carbocycles. The molecule has 1 unspecified atom stereocenters. The molecule has 1 aromatic heterocycles. The molecule has 2 rings (SSSR count). The van der Waals surface area contributed by atoms with Crippen molar-refractivity contribution in [3.63, 3.8) is 0 Å². The quantitative estimate of drug-likeness (QED) is 0.798. The molecule has 1 heterocycles. The summed E-state index contributed by atoms with van der Waals surface area (Å²) < 4.78 is 5.02. The van der Waals surface area contributed by atoms with Crippen LogP contribution in [-0.4, -0.2) is 23.2 Å². The van der Waals surface area contributed by atoms with Gasteiger partial charge in [0.05, 0.1) is 12.0 Å². The summed E-state index contributed by atoms with van der Waals surface area (Å²) in [7, 11) is 0. The molecule has 5 heteroatoms. The number of nitriles is 1. The maximum Gasteiger partial charge on any atom is 0.227 e. The summed E-state index contributed by atoms with van der Waals surface area (Å²) in [5.41, 5.74) is 1.03. The van der Waals surface area contributed by atoms with Gasteiger partial charge in [-0.2, -0.15) is 10.2 Å². The van der Waals surface area contributed by atoms with E-state index in [1.54, 1.807) is 6.92 Å². The van der Waals surface area contributed by atoms with Gasteiger partial charge < -0.3 is 9.84 Å². The van der Waals surface area contributed by atoms with E-state index >= 15 is 0 Å². The smallest absolute Gasteiger partial charge is 0.227 e. The molecule has 0 aliphatic rings. The highest BCUT2D eigenvalue weighted by atomic mass is 16.5. The average molecular weight is 256 g/mol. The third kappa shape index (κ3) is 3.90. The Morgan fingerprint density at radius 2 is 2.16 bits per heavy atom. The van der Waals surface area contributed by atoms with E-state index < -0.39 is 0 Å². The van der Waals surface area contributed by atoms with E-state index in [2.05, 4.69) is 21.5 Å². The molecule has 0 radical (unpaired) electrons. The highest BCUT2D eigenvalue weighted by molar-refractivity contribution is 5.24. The molecule has 2 aromatic rings. The van der Waals surface area contributed by atoms with Crippen molar-refractivity contribution in [1.29, 1.82) is 5.26 Å². The average Bonchev–Trinajstić information content (AvgIpc) is 2.86. The van der Waals surface area contributed by atoms with Crippen molar-refractivity contribution in [2.24, 2.45) is 0 Å². The number of nitrogens with one attached hydrogen (secondary N) is 1. The minimum Gasteiger partial charge on any atom is -0.339 e. The fraction of sp³-hybridized carbons (Fsp3) is 0.357. The second-order valence-corrected chi connectivity index (χ2v) is 4.28. The van der Waals surface area contributed by atoms with Gasteiger partial charge in [0.15, 0.2) is 5.82 Å². The zero-order valence-corrected chi connectivity index (χ0v) is 10.8. The van der Waals surface area contributed by atoms with Crippen molar-refractivity contribution in [3.8, 4) is 6.07 Å². The van der Waals surface area contributed by atoms with E-state index in [1.165, 1.54) is 0 Å². The van der Waals surface area contributed by atoms with Crippen molar-refractivity contribution >= 4 is 0 Å². The van der Waals surface area contributed by atoms with E-state index in [9.17, 15) is 0 Å². The molecule has 5 nitrogen and oxygen atoms in total. The summed E-state index contributed by atoms with van der Waals surface area (Å²) in [6.45, 7) is 3.13. The van der Waals surface area contributed by atoms with Gasteiger partial charge in [-0.1, -0.05) is 35.5 Å². The number of benzene rings is 1. The standard InChI is InChI=1S/C14H16N4O/c1-11-17-14(19-18-11)7-8-16-10-13(9-15)12-5-3-2-4-6-12/h2-6,13,16H,7-8,10H2,1H3. The highest BCUT2D eigenvalue weighted by Gasteiger charge is 2.09. The Bertz CT molecular complexity index is 544. The molecule has 0 bridgehead atoms. The molecule has 0 saturated heterocycles. The molecule has 0 saturated carbocycles. The number of rotatable bonds is 6. The van der Waals surface area contributed by atoms with E-state index in [4.69, 9.17) is 9.78 Å². The molecule has 1 N–H and O–H groups in total. The van der Waals surface area contributed by atoms with Crippen LogP contribution in [0.3, 0.4) is 0 Å². The first kappa shape index (κ1) is 13.2. The van der Waals surface area contributed by atoms with Crippen molar-refractivity contribution in [1.82, 2.24) is 15.5 Å². The predicted octanol–water partition coefficient (Wildman–Crippen LogP) is 1.82. The first-order valence-electron chi connectivity index (χ1n) is 6.24. The van der Waals surface area contributed by atoms with Crippen LogP contribution in [0.25, 0.3) is 0 Å². The molecular formula is C14H16N4O. The molecule has 1 atom stereocenters. The van der Waals surface area contributed by atoms with Crippen LogP contribution in [0, 0.1) is 18.3 Å². The molecule has 19 heavy (non-hydrogen) atoms. The van der Waals surface area contributed by atoms with Gasteiger partial charge in [0.1, 0.15) is 0 Å². The van der Waals surface area contributed by atoms with Crippen LogP contribution < -0.4 is 5.32 Å². The van der Waals surface area contributed by atoms with E-state index in [0.717, 1.165) is 5.56 Å². The first-order chi connectivity index (χ1) is 9.29. The predicted molar refractivity (Wildman–Crippen MR) is 70.4 cm³/mol. The maximum atomic E-state index is 9.17. The first-order valence-corrected chi connectivity index (χ1v) is 6.24. The summed E-state index contributed by atoms with van der Waals surface area (Å²) in [4.78, 5) is 4.12. The molecule has 0 amide bonds. The van der Waals surface area contributed by atoms with Gasteiger partial charge in [0, 0.05) is 19.5 Å². The molecular weight excluding hydrogens is 240 g/mol. The topological polar surface area (TPSA) is 74.7 Å². The Kier molecular flexibility index (Phi) is 4.65. The van der Waals surface area contributed by atoms with Crippen molar-refractivity contribution < 1.29 is 4.52 Å². The van der Waals surface area contributed by atoms with Crippen LogP contribution in [0.4, 0.5) is 0 Å². The Morgan fingerprint density at radius 1 is 1.37 bits per heavy atom. The molecule has 0 aliphatic heterocycles. The van der Waals surface area contributed by atoms with Gasteiger partial charge in [-0.25, -0.2) is 0 Å². The van der Waals surface area contributed by atoms with Crippen molar-refractivity contribution in [2.45, 2.75) is 19.3 Å². The maximum absolute atomic E-state index is 9.17. The third-order valence-electron chi connectivity index (χ3n) is 2.79. The van der Waals surface area contributed by atoms with Gasteiger partial charge >= 0.3 is 0 Å². The van der Waals surface area contributed by atoms with E-state index in [1.807, 2.05) is 30.3 Å². The summed E-state index contributed by atoms with van der Waals surface area (Å²) in [6, 6.07) is 12.1. The Hall–Kier alpha value is -2.19. The Balaban J connectivity index is 1.77. The fourth-order valence-electron chi connectivity index (χ4n) is 1.81. The van der Waals surface area contributed by atoms with Gasteiger partial charge in [0.2, 0.25) is 5.89 Å². The second kappa shape index (κ2) is 6.66. The number of hydrogen-bond donors (Lipinski definition) is 1. The normalized spacial score (nSPS) is 12.0. The molecule has 0 spiro atoms. The summed E-state index contributed by atoms with van der Waals surface area (Å²) in [5, 5.41) is 16.1. The lowest BCUT2D eigenvalue weighted by Crippen LogP contribution is -2.23. The van der Waals surface area contributed by atoms with Crippen LogP contribution in [0.15, 0.2) is 34.9 Å². The fourth-order valence-corrected chi connectivity index (χ4v) is 1.81. The van der Waals surface area contributed by atoms with Crippen molar-refractivity contribution in [2.75, 3.05) is 13.1 Å². The summed E-state index contributed by atoms with van der Waals surface area (Å²) >= 11 is 0. The monoisotopic (exact) mass is 256 g/mol. The number of hydrogen-bond acceptors (Lipinski definition) is 5. The largest absolute Gasteiger partial charge is 0.339 e. The summed E-state index contributed by atoms with van der Waals surface area (Å²) in [5.74, 6) is 1.14. The van der Waals surface area contributed by atoms with E-state index in [-0.39, 0.29) is 5.92 Å². The van der Waals surface area contributed by atoms with Crippen molar-refractivity contribution in [3.05, 3.63) is 47.6 Å². The Morgan fingerprint density at radius 3 is 2.79 bits per heavy atom. The highest BCUT2D eigenvalue weighted by Crippen LogP contribution is 2.12. The van der Waals surface area contributed by atoms with Crippen LogP contribution in [0.5, 0.6) is 0 Å². The lowest BCUT2D eigenvalue weighted by Gasteiger charge is -2.09. The second-order valence-electron chi connectivity index (χ2n) is 4.28.